The molecule has 1 aliphatic heterocycles. The van der Waals surface area contributed by atoms with Gasteiger partial charge in [-0.1, -0.05) is 13.0 Å². The third-order valence-electron chi connectivity index (χ3n) is 5.09. The topological polar surface area (TPSA) is 158 Å². The highest BCUT2D eigenvalue weighted by atomic mass is 16.5. The Kier molecular flexibility index (Phi) is 7.61. The molecule has 32 heavy (non-hydrogen) atoms. The van der Waals surface area contributed by atoms with Gasteiger partial charge in [0.15, 0.2) is 11.5 Å². The lowest BCUT2D eigenvalue weighted by Gasteiger charge is -2.28. The average Bonchev–Trinajstić information content (AvgIpc) is 2.75. The van der Waals surface area contributed by atoms with Gasteiger partial charge < -0.3 is 32.2 Å². The molecule has 10 nitrogen and oxygen atoms in total. The van der Waals surface area contributed by atoms with Crippen molar-refractivity contribution in [3.8, 4) is 11.6 Å². The Morgan fingerprint density at radius 1 is 1.31 bits per heavy atom. The summed E-state index contributed by atoms with van der Waals surface area (Å²) >= 11 is 0. The van der Waals surface area contributed by atoms with E-state index in [9.17, 15) is 4.79 Å². The molecule has 0 aliphatic carbocycles. The number of rotatable bonds is 8. The first kappa shape index (κ1) is 23.0. The normalized spacial score (nSPS) is 15.8. The minimum Gasteiger partial charge on any atom is -0.437 e. The molecule has 7 N–H and O–H groups in total. The molecule has 170 valence electrons. The number of anilines is 1. The molecular formula is C22H30N8O2. The standard InChI is InChI=1S/C22H30N8O2/c1-3-17-22(32-16-6-4-5-14(23)13-16)29-21(19(27-17)20(25)31)28-18(24)7-10-26-15-8-11-30(2)12-9-15/h4-7,10,13,15,26H,3,8-9,11-12,23H2,1-2H3,(H2,25,31)(H2,24,28,29)/b10-7-. The fourth-order valence-corrected chi connectivity index (χ4v) is 3.30. The second-order valence-corrected chi connectivity index (χ2v) is 7.65. The number of nitrogens with two attached hydrogens (primary N) is 3. The summed E-state index contributed by atoms with van der Waals surface area (Å²) in [5.74, 6) is 0.105. The molecule has 1 aromatic heterocycles. The molecule has 1 aromatic carbocycles. The number of nitrogen functional groups attached to an aromatic ring is 1. The van der Waals surface area contributed by atoms with Gasteiger partial charge in [0.25, 0.3) is 5.91 Å². The van der Waals surface area contributed by atoms with E-state index in [1.165, 1.54) is 0 Å². The maximum Gasteiger partial charge on any atom is 0.271 e. The summed E-state index contributed by atoms with van der Waals surface area (Å²) in [7, 11) is 2.11. The van der Waals surface area contributed by atoms with Crippen LogP contribution in [0.2, 0.25) is 0 Å². The second-order valence-electron chi connectivity index (χ2n) is 7.65. The number of hydrogen-bond donors (Lipinski definition) is 4. The number of hydrogen-bond acceptors (Lipinski definition) is 8. The third-order valence-corrected chi connectivity index (χ3v) is 5.09. The lowest BCUT2D eigenvalue weighted by atomic mass is 10.1. The van der Waals surface area contributed by atoms with Crippen molar-refractivity contribution in [1.82, 2.24) is 20.2 Å². The van der Waals surface area contributed by atoms with Crippen LogP contribution in [-0.4, -0.2) is 52.8 Å². The van der Waals surface area contributed by atoms with Crippen LogP contribution < -0.4 is 27.3 Å². The van der Waals surface area contributed by atoms with Crippen molar-refractivity contribution in [3.63, 3.8) is 0 Å². The Labute approximate surface area is 187 Å². The van der Waals surface area contributed by atoms with Crippen molar-refractivity contribution < 1.29 is 9.53 Å². The van der Waals surface area contributed by atoms with Crippen molar-refractivity contribution in [2.75, 3.05) is 25.9 Å². The fourth-order valence-electron chi connectivity index (χ4n) is 3.30. The number of benzene rings is 1. The first-order valence-corrected chi connectivity index (χ1v) is 10.5. The van der Waals surface area contributed by atoms with Gasteiger partial charge in [-0.15, -0.1) is 0 Å². The van der Waals surface area contributed by atoms with Gasteiger partial charge in [0.2, 0.25) is 5.88 Å². The van der Waals surface area contributed by atoms with Crippen LogP contribution in [0.4, 0.5) is 11.5 Å². The Morgan fingerprint density at radius 2 is 2.06 bits per heavy atom. The summed E-state index contributed by atoms with van der Waals surface area (Å²) in [4.78, 5) is 27.2. The van der Waals surface area contributed by atoms with Crippen LogP contribution in [0, 0.1) is 0 Å². The average molecular weight is 439 g/mol. The quantitative estimate of drug-likeness (QED) is 0.275. The maximum atomic E-state index is 12.0. The molecule has 2 aromatic rings. The minimum absolute atomic E-state index is 0.00459. The smallest absolute Gasteiger partial charge is 0.271 e. The van der Waals surface area contributed by atoms with Crippen LogP contribution in [0.15, 0.2) is 41.5 Å². The van der Waals surface area contributed by atoms with Gasteiger partial charge in [0, 0.05) is 24.0 Å². The predicted molar refractivity (Wildman–Crippen MR) is 125 cm³/mol. The van der Waals surface area contributed by atoms with E-state index in [2.05, 4.69) is 32.2 Å². The lowest BCUT2D eigenvalue weighted by Crippen LogP contribution is -2.38. The largest absolute Gasteiger partial charge is 0.437 e. The highest BCUT2D eigenvalue weighted by molar-refractivity contribution is 5.98. The fraction of sp³-hybridized carbons (Fsp3) is 0.364. The number of aliphatic imine (C=N–C) groups is 1. The van der Waals surface area contributed by atoms with Crippen LogP contribution in [0.5, 0.6) is 11.6 Å². The molecule has 10 heteroatoms. The van der Waals surface area contributed by atoms with E-state index in [0.717, 1.165) is 25.9 Å². The number of primary amides is 1. The van der Waals surface area contributed by atoms with Crippen molar-refractivity contribution in [2.45, 2.75) is 32.2 Å². The van der Waals surface area contributed by atoms with E-state index in [1.807, 2.05) is 6.92 Å². The second kappa shape index (κ2) is 10.6. The van der Waals surface area contributed by atoms with Gasteiger partial charge in [0.05, 0.1) is 0 Å². The number of nitrogens with zero attached hydrogens (tertiary/aromatic N) is 4. The van der Waals surface area contributed by atoms with E-state index in [-0.39, 0.29) is 23.2 Å². The Morgan fingerprint density at radius 3 is 2.72 bits per heavy atom. The van der Waals surface area contributed by atoms with Crippen LogP contribution in [0.25, 0.3) is 0 Å². The molecule has 0 saturated carbocycles. The molecule has 1 aliphatic rings. The van der Waals surface area contributed by atoms with Crippen LogP contribution in [-0.2, 0) is 6.42 Å². The number of amidine groups is 1. The molecule has 3 rings (SSSR count). The molecule has 0 spiro atoms. The van der Waals surface area contributed by atoms with E-state index in [1.54, 1.807) is 36.5 Å². The molecule has 2 heterocycles. The molecule has 0 atom stereocenters. The number of aromatic nitrogens is 2. The number of amides is 1. The zero-order valence-corrected chi connectivity index (χ0v) is 18.4. The number of likely N-dealkylation sites (tertiary alicyclic amines) is 1. The molecule has 0 radical (unpaired) electrons. The SMILES string of the molecule is CCc1nc(C(N)=O)c(N=C(N)/C=C\NC2CCN(C)CC2)nc1Oc1cccc(N)c1. The molecule has 0 unspecified atom stereocenters. The Bertz CT molecular complexity index is 1010. The Hall–Kier alpha value is -3.66. The number of piperidine rings is 1. The van der Waals surface area contributed by atoms with Gasteiger partial charge in [-0.05, 0) is 57.6 Å². The predicted octanol–water partition coefficient (Wildman–Crippen LogP) is 1.70. The summed E-state index contributed by atoms with van der Waals surface area (Å²) in [6.45, 7) is 3.97. The highest BCUT2D eigenvalue weighted by Gasteiger charge is 2.19. The van der Waals surface area contributed by atoms with E-state index >= 15 is 0 Å². The van der Waals surface area contributed by atoms with Gasteiger partial charge in [0.1, 0.15) is 17.3 Å². The van der Waals surface area contributed by atoms with Crippen molar-refractivity contribution in [1.29, 1.82) is 0 Å². The van der Waals surface area contributed by atoms with Gasteiger partial charge >= 0.3 is 0 Å². The van der Waals surface area contributed by atoms with Crippen molar-refractivity contribution in [2.24, 2.45) is 16.5 Å². The zero-order chi connectivity index (χ0) is 23.1. The van der Waals surface area contributed by atoms with E-state index < -0.39 is 5.91 Å². The molecule has 0 bridgehead atoms. The van der Waals surface area contributed by atoms with Crippen LogP contribution in [0.3, 0.4) is 0 Å². The summed E-state index contributed by atoms with van der Waals surface area (Å²) in [6, 6.07) is 7.31. The number of carbonyl (C=O) groups excluding carboxylic acids is 1. The molecule has 1 fully saturated rings. The maximum absolute atomic E-state index is 12.0. The monoisotopic (exact) mass is 438 g/mol. The first-order chi connectivity index (χ1) is 15.4. The number of carbonyl (C=O) groups is 1. The van der Waals surface area contributed by atoms with Gasteiger partial charge in [-0.3, -0.25) is 4.79 Å². The van der Waals surface area contributed by atoms with Gasteiger partial charge in [-0.25, -0.2) is 9.98 Å². The van der Waals surface area contributed by atoms with E-state index in [0.29, 0.717) is 29.6 Å². The number of ether oxygens (including phenoxy) is 1. The van der Waals surface area contributed by atoms with Crippen molar-refractivity contribution >= 4 is 23.2 Å². The molecule has 1 saturated heterocycles. The summed E-state index contributed by atoms with van der Waals surface area (Å²) in [5, 5.41) is 3.33. The van der Waals surface area contributed by atoms with Gasteiger partial charge in [-0.2, -0.15) is 4.98 Å². The number of aryl methyl sites for hydroxylation is 1. The Balaban J connectivity index is 1.83. The minimum atomic E-state index is -0.748. The highest BCUT2D eigenvalue weighted by Crippen LogP contribution is 2.28. The van der Waals surface area contributed by atoms with Crippen LogP contribution in [0.1, 0.15) is 35.9 Å². The zero-order valence-electron chi connectivity index (χ0n) is 18.4. The molecule has 1 amide bonds. The van der Waals surface area contributed by atoms with E-state index in [4.69, 9.17) is 21.9 Å². The third kappa shape index (κ3) is 6.17. The lowest BCUT2D eigenvalue weighted by molar-refractivity contribution is 0.0995. The summed E-state index contributed by atoms with van der Waals surface area (Å²) < 4.78 is 5.86. The number of nitrogens with one attached hydrogen (secondary N) is 1. The molecular weight excluding hydrogens is 408 g/mol. The van der Waals surface area contributed by atoms with Crippen LogP contribution >= 0.6 is 0 Å². The first-order valence-electron chi connectivity index (χ1n) is 10.5. The summed E-state index contributed by atoms with van der Waals surface area (Å²) in [6.07, 6.45) is 5.97. The summed E-state index contributed by atoms with van der Waals surface area (Å²) in [5.41, 5.74) is 18.3. The van der Waals surface area contributed by atoms with Crippen molar-refractivity contribution in [3.05, 3.63) is 47.9 Å².